The van der Waals surface area contributed by atoms with Gasteiger partial charge in [0.2, 0.25) is 11.7 Å². The number of benzene rings is 1. The quantitative estimate of drug-likeness (QED) is 0.675. The molecule has 8 nitrogen and oxygen atoms in total. The van der Waals surface area contributed by atoms with Gasteiger partial charge in [-0.3, -0.25) is 4.79 Å². The Bertz CT molecular complexity index is 748. The zero-order chi connectivity index (χ0) is 15.4. The van der Waals surface area contributed by atoms with Crippen molar-refractivity contribution in [1.82, 2.24) is 25.5 Å². The third-order valence-electron chi connectivity index (χ3n) is 2.95. The van der Waals surface area contributed by atoms with Gasteiger partial charge in [0.15, 0.2) is 0 Å². The minimum atomic E-state index is -0.224. The number of nitrogens with one attached hydrogen (secondary N) is 1. The Kier molecular flexibility index (Phi) is 3.82. The van der Waals surface area contributed by atoms with E-state index in [1.165, 1.54) is 4.80 Å². The molecule has 2 aromatic heterocycles. The molecule has 3 N–H and O–H groups in total. The predicted octanol–water partition coefficient (Wildman–Crippen LogP) is 0.832. The minimum Gasteiger partial charge on any atom is -0.467 e. The number of nitrogens with zero attached hydrogens (tertiary/aromatic N) is 4. The van der Waals surface area contributed by atoms with Crippen LogP contribution in [0, 0.1) is 0 Å². The molecule has 0 radical (unpaired) electrons. The molecular formula is C14H14N6O2. The SMILES string of the molecule is Nc1ccc(-c2nnn(CC(=O)NCc3ccco3)n2)cc1. The Morgan fingerprint density at radius 2 is 2.09 bits per heavy atom. The molecular weight excluding hydrogens is 284 g/mol. The highest BCUT2D eigenvalue weighted by molar-refractivity contribution is 5.75. The molecule has 0 aliphatic carbocycles. The smallest absolute Gasteiger partial charge is 0.244 e. The Morgan fingerprint density at radius 1 is 1.27 bits per heavy atom. The number of rotatable bonds is 5. The van der Waals surface area contributed by atoms with Gasteiger partial charge >= 0.3 is 0 Å². The zero-order valence-electron chi connectivity index (χ0n) is 11.6. The first-order valence-electron chi connectivity index (χ1n) is 6.63. The number of nitrogens with two attached hydrogens (primary N) is 1. The van der Waals surface area contributed by atoms with Crippen molar-refractivity contribution in [2.24, 2.45) is 0 Å². The Hall–Kier alpha value is -3.16. The largest absolute Gasteiger partial charge is 0.467 e. The van der Waals surface area contributed by atoms with Crippen molar-refractivity contribution in [2.45, 2.75) is 13.1 Å². The van der Waals surface area contributed by atoms with Crippen molar-refractivity contribution in [3.05, 3.63) is 48.4 Å². The topological polar surface area (TPSA) is 112 Å². The van der Waals surface area contributed by atoms with Crippen molar-refractivity contribution in [1.29, 1.82) is 0 Å². The predicted molar refractivity (Wildman–Crippen MR) is 78.2 cm³/mol. The summed E-state index contributed by atoms with van der Waals surface area (Å²) in [5.41, 5.74) is 7.08. The number of carbonyl (C=O) groups is 1. The molecule has 0 atom stereocenters. The highest BCUT2D eigenvalue weighted by atomic mass is 16.3. The van der Waals surface area contributed by atoms with E-state index in [9.17, 15) is 4.79 Å². The summed E-state index contributed by atoms with van der Waals surface area (Å²) >= 11 is 0. The van der Waals surface area contributed by atoms with E-state index in [1.54, 1.807) is 42.7 Å². The third kappa shape index (κ3) is 3.29. The molecule has 3 aromatic rings. The van der Waals surface area contributed by atoms with Gasteiger partial charge in [0.25, 0.3) is 0 Å². The van der Waals surface area contributed by atoms with Crippen LogP contribution in [0.15, 0.2) is 47.1 Å². The van der Waals surface area contributed by atoms with Gasteiger partial charge in [0, 0.05) is 11.3 Å². The monoisotopic (exact) mass is 298 g/mol. The minimum absolute atomic E-state index is 0.0112. The van der Waals surface area contributed by atoms with Crippen LogP contribution in [0.4, 0.5) is 5.69 Å². The second kappa shape index (κ2) is 6.08. The summed E-state index contributed by atoms with van der Waals surface area (Å²) in [7, 11) is 0. The summed E-state index contributed by atoms with van der Waals surface area (Å²) in [6.45, 7) is 0.314. The lowest BCUT2D eigenvalue weighted by Gasteiger charge is -2.01. The summed E-state index contributed by atoms with van der Waals surface area (Å²) in [4.78, 5) is 13.0. The number of tetrazole rings is 1. The number of nitrogen functional groups attached to an aromatic ring is 1. The molecule has 1 aromatic carbocycles. The fourth-order valence-corrected chi connectivity index (χ4v) is 1.84. The number of furan rings is 1. The van der Waals surface area contributed by atoms with Gasteiger partial charge in [0.05, 0.1) is 12.8 Å². The summed E-state index contributed by atoms with van der Waals surface area (Å²) in [5.74, 6) is 0.902. The summed E-state index contributed by atoms with van der Waals surface area (Å²) in [5, 5.41) is 14.7. The van der Waals surface area contributed by atoms with Crippen LogP contribution in [0.2, 0.25) is 0 Å². The van der Waals surface area contributed by atoms with Gasteiger partial charge in [-0.1, -0.05) is 0 Å². The van der Waals surface area contributed by atoms with E-state index in [2.05, 4.69) is 20.7 Å². The lowest BCUT2D eigenvalue weighted by atomic mass is 10.2. The average molecular weight is 298 g/mol. The van der Waals surface area contributed by atoms with Crippen LogP contribution in [0.25, 0.3) is 11.4 Å². The van der Waals surface area contributed by atoms with Crippen molar-refractivity contribution in [3.8, 4) is 11.4 Å². The van der Waals surface area contributed by atoms with Crippen molar-refractivity contribution in [3.63, 3.8) is 0 Å². The maximum Gasteiger partial charge on any atom is 0.244 e. The van der Waals surface area contributed by atoms with Gasteiger partial charge in [-0.05, 0) is 41.6 Å². The van der Waals surface area contributed by atoms with E-state index in [1.807, 2.05) is 0 Å². The fourth-order valence-electron chi connectivity index (χ4n) is 1.84. The Labute approximate surface area is 125 Å². The van der Waals surface area contributed by atoms with E-state index in [0.717, 1.165) is 5.56 Å². The van der Waals surface area contributed by atoms with Crippen LogP contribution >= 0.6 is 0 Å². The van der Waals surface area contributed by atoms with E-state index < -0.39 is 0 Å². The molecule has 0 unspecified atom stereocenters. The van der Waals surface area contributed by atoms with Gasteiger partial charge in [0.1, 0.15) is 12.3 Å². The first-order valence-corrected chi connectivity index (χ1v) is 6.63. The lowest BCUT2D eigenvalue weighted by Crippen LogP contribution is -2.27. The van der Waals surface area contributed by atoms with Crippen molar-refractivity contribution < 1.29 is 9.21 Å². The third-order valence-corrected chi connectivity index (χ3v) is 2.95. The fraction of sp³-hybridized carbons (Fsp3) is 0.143. The lowest BCUT2D eigenvalue weighted by molar-refractivity contribution is -0.122. The number of anilines is 1. The molecule has 0 fully saturated rings. The number of aromatic nitrogens is 4. The molecule has 8 heteroatoms. The average Bonchev–Trinajstić information content (AvgIpc) is 3.17. The van der Waals surface area contributed by atoms with E-state index in [0.29, 0.717) is 23.8 Å². The molecule has 0 spiro atoms. The molecule has 0 aliphatic heterocycles. The van der Waals surface area contributed by atoms with E-state index in [-0.39, 0.29) is 12.5 Å². The first-order chi connectivity index (χ1) is 10.7. The zero-order valence-corrected chi connectivity index (χ0v) is 11.6. The molecule has 112 valence electrons. The standard InChI is InChI=1S/C14H14N6O2/c15-11-5-3-10(4-6-11)14-17-19-20(18-14)9-13(21)16-8-12-2-1-7-22-12/h1-7H,8-9,15H2,(H,16,21). The molecule has 3 rings (SSSR count). The van der Waals surface area contributed by atoms with Crippen LogP contribution in [0.5, 0.6) is 0 Å². The Balaban J connectivity index is 1.59. The number of amides is 1. The molecule has 1 amide bonds. The second-order valence-electron chi connectivity index (χ2n) is 4.62. The number of hydrogen-bond donors (Lipinski definition) is 2. The van der Waals surface area contributed by atoms with Gasteiger partial charge < -0.3 is 15.5 Å². The Morgan fingerprint density at radius 3 is 2.82 bits per heavy atom. The van der Waals surface area contributed by atoms with E-state index in [4.69, 9.17) is 10.2 Å². The van der Waals surface area contributed by atoms with Gasteiger partial charge in [-0.25, -0.2) is 0 Å². The molecule has 0 aliphatic rings. The number of hydrogen-bond acceptors (Lipinski definition) is 6. The summed E-state index contributed by atoms with van der Waals surface area (Å²) < 4.78 is 5.13. The first kappa shape index (κ1) is 13.8. The summed E-state index contributed by atoms with van der Waals surface area (Å²) in [6, 6.07) is 10.7. The highest BCUT2D eigenvalue weighted by Crippen LogP contribution is 2.15. The molecule has 0 bridgehead atoms. The molecule has 2 heterocycles. The van der Waals surface area contributed by atoms with E-state index >= 15 is 0 Å². The van der Waals surface area contributed by atoms with Crippen LogP contribution in [-0.4, -0.2) is 26.1 Å². The van der Waals surface area contributed by atoms with Gasteiger partial charge in [-0.15, -0.1) is 10.2 Å². The maximum absolute atomic E-state index is 11.8. The van der Waals surface area contributed by atoms with Crippen LogP contribution in [-0.2, 0) is 17.9 Å². The molecule has 0 saturated heterocycles. The van der Waals surface area contributed by atoms with Gasteiger partial charge in [-0.2, -0.15) is 4.80 Å². The maximum atomic E-state index is 11.8. The summed E-state index contributed by atoms with van der Waals surface area (Å²) in [6.07, 6.45) is 1.55. The second-order valence-corrected chi connectivity index (χ2v) is 4.62. The number of carbonyl (C=O) groups excluding carboxylic acids is 1. The molecule has 22 heavy (non-hydrogen) atoms. The van der Waals surface area contributed by atoms with Crippen molar-refractivity contribution in [2.75, 3.05) is 5.73 Å². The van der Waals surface area contributed by atoms with Crippen molar-refractivity contribution >= 4 is 11.6 Å². The van der Waals surface area contributed by atoms with Crippen LogP contribution in [0.1, 0.15) is 5.76 Å². The molecule has 0 saturated carbocycles. The van der Waals surface area contributed by atoms with Crippen LogP contribution < -0.4 is 11.1 Å². The van der Waals surface area contributed by atoms with Crippen LogP contribution in [0.3, 0.4) is 0 Å². The normalized spacial score (nSPS) is 10.5. The highest BCUT2D eigenvalue weighted by Gasteiger charge is 2.09.